The van der Waals surface area contributed by atoms with Gasteiger partial charge in [0.2, 0.25) is 0 Å². The number of aromatic nitrogens is 4. The van der Waals surface area contributed by atoms with Crippen molar-refractivity contribution in [2.45, 2.75) is 13.8 Å². The van der Waals surface area contributed by atoms with Crippen molar-refractivity contribution < 1.29 is 4.79 Å². The zero-order valence-corrected chi connectivity index (χ0v) is 15.5. The minimum absolute atomic E-state index is 0.262. The van der Waals surface area contributed by atoms with Crippen molar-refractivity contribution >= 4 is 34.4 Å². The Balaban J connectivity index is 1.65. The zero-order valence-electron chi connectivity index (χ0n) is 14.8. The second-order valence-corrected chi connectivity index (χ2v) is 6.69. The SMILES string of the molecule is Cc1ccc(C)c(NC(=O)c2ccc(-n3nnc4cccnc43)cc2Cl)c1. The fourth-order valence-electron chi connectivity index (χ4n) is 2.82. The van der Waals surface area contributed by atoms with Gasteiger partial charge in [0.15, 0.2) is 5.65 Å². The second kappa shape index (κ2) is 6.81. The molecule has 0 spiro atoms. The Morgan fingerprint density at radius 3 is 2.78 bits per heavy atom. The Morgan fingerprint density at radius 2 is 1.96 bits per heavy atom. The van der Waals surface area contributed by atoms with Gasteiger partial charge in [0.1, 0.15) is 5.52 Å². The van der Waals surface area contributed by atoms with E-state index >= 15 is 0 Å². The summed E-state index contributed by atoms with van der Waals surface area (Å²) in [5.74, 6) is -0.262. The van der Waals surface area contributed by atoms with Crippen LogP contribution in [0.3, 0.4) is 0 Å². The van der Waals surface area contributed by atoms with E-state index in [4.69, 9.17) is 11.6 Å². The number of amides is 1. The number of benzene rings is 2. The summed E-state index contributed by atoms with van der Waals surface area (Å²) in [6.07, 6.45) is 1.68. The third-order valence-corrected chi connectivity index (χ3v) is 4.60. The van der Waals surface area contributed by atoms with Gasteiger partial charge in [-0.1, -0.05) is 28.9 Å². The molecule has 0 aliphatic heterocycles. The highest BCUT2D eigenvalue weighted by Crippen LogP contribution is 2.24. The predicted molar refractivity (Wildman–Crippen MR) is 106 cm³/mol. The van der Waals surface area contributed by atoms with Crippen LogP contribution in [-0.2, 0) is 0 Å². The van der Waals surface area contributed by atoms with Gasteiger partial charge in [-0.2, -0.15) is 4.68 Å². The summed E-state index contributed by atoms with van der Waals surface area (Å²) in [5, 5.41) is 11.4. The first-order valence-corrected chi connectivity index (χ1v) is 8.76. The van der Waals surface area contributed by atoms with Gasteiger partial charge in [0, 0.05) is 11.9 Å². The minimum Gasteiger partial charge on any atom is -0.322 e. The molecule has 4 rings (SSSR count). The van der Waals surface area contributed by atoms with E-state index in [2.05, 4.69) is 20.6 Å². The van der Waals surface area contributed by atoms with Crippen LogP contribution >= 0.6 is 11.6 Å². The molecule has 1 N–H and O–H groups in total. The van der Waals surface area contributed by atoms with Crippen molar-refractivity contribution in [2.75, 3.05) is 5.32 Å². The molecule has 0 radical (unpaired) electrons. The number of halogens is 1. The van der Waals surface area contributed by atoms with Crippen LogP contribution in [0.25, 0.3) is 16.9 Å². The van der Waals surface area contributed by atoms with E-state index in [1.54, 1.807) is 35.1 Å². The molecule has 0 saturated heterocycles. The molecule has 2 aromatic heterocycles. The molecule has 0 aliphatic rings. The standard InChI is InChI=1S/C20H16ClN5O/c1-12-5-6-13(2)18(10-12)23-20(27)15-8-7-14(11-16(15)21)26-19-17(24-25-26)4-3-9-22-19/h3-11H,1-2H3,(H,23,27). The molecule has 6 nitrogen and oxygen atoms in total. The fraction of sp³-hybridized carbons (Fsp3) is 0.100. The smallest absolute Gasteiger partial charge is 0.257 e. The number of pyridine rings is 1. The molecular formula is C20H16ClN5O. The van der Waals surface area contributed by atoms with Gasteiger partial charge in [0.05, 0.1) is 16.3 Å². The number of carbonyl (C=O) groups is 1. The summed E-state index contributed by atoms with van der Waals surface area (Å²) in [5.41, 5.74) is 5.21. The van der Waals surface area contributed by atoms with Crippen molar-refractivity contribution in [1.29, 1.82) is 0 Å². The van der Waals surface area contributed by atoms with E-state index < -0.39 is 0 Å². The topological polar surface area (TPSA) is 72.7 Å². The van der Waals surface area contributed by atoms with Crippen LogP contribution in [0.15, 0.2) is 54.7 Å². The highest BCUT2D eigenvalue weighted by atomic mass is 35.5. The number of nitrogens with zero attached hydrogens (tertiary/aromatic N) is 4. The van der Waals surface area contributed by atoms with E-state index in [1.807, 2.05) is 38.1 Å². The molecule has 4 aromatic rings. The molecule has 0 atom stereocenters. The molecule has 0 aliphatic carbocycles. The third kappa shape index (κ3) is 3.27. The average Bonchev–Trinajstić information content (AvgIpc) is 3.08. The quantitative estimate of drug-likeness (QED) is 0.576. The number of fused-ring (bicyclic) bond motifs is 1. The fourth-order valence-corrected chi connectivity index (χ4v) is 3.08. The van der Waals surface area contributed by atoms with Crippen LogP contribution in [0, 0.1) is 13.8 Å². The Labute approximate surface area is 160 Å². The number of hydrogen-bond acceptors (Lipinski definition) is 4. The second-order valence-electron chi connectivity index (χ2n) is 6.28. The molecule has 7 heteroatoms. The maximum Gasteiger partial charge on any atom is 0.257 e. The molecule has 0 unspecified atom stereocenters. The number of rotatable bonds is 3. The Kier molecular flexibility index (Phi) is 4.33. The summed E-state index contributed by atoms with van der Waals surface area (Å²) >= 11 is 6.39. The molecule has 0 saturated carbocycles. The van der Waals surface area contributed by atoms with E-state index in [9.17, 15) is 4.79 Å². The number of anilines is 1. The van der Waals surface area contributed by atoms with Crippen LogP contribution in [0.2, 0.25) is 5.02 Å². The highest BCUT2D eigenvalue weighted by molar-refractivity contribution is 6.34. The first kappa shape index (κ1) is 17.2. The first-order valence-electron chi connectivity index (χ1n) is 8.38. The van der Waals surface area contributed by atoms with Crippen molar-refractivity contribution in [3.63, 3.8) is 0 Å². The lowest BCUT2D eigenvalue weighted by molar-refractivity contribution is 0.102. The maximum atomic E-state index is 12.7. The van der Waals surface area contributed by atoms with E-state index in [-0.39, 0.29) is 5.91 Å². The van der Waals surface area contributed by atoms with Crippen LogP contribution < -0.4 is 5.32 Å². The van der Waals surface area contributed by atoms with Gasteiger partial charge in [-0.3, -0.25) is 4.79 Å². The number of hydrogen-bond donors (Lipinski definition) is 1. The summed E-state index contributed by atoms with van der Waals surface area (Å²) in [6.45, 7) is 3.93. The molecule has 2 heterocycles. The predicted octanol–water partition coefficient (Wildman–Crippen LogP) is 4.34. The maximum absolute atomic E-state index is 12.7. The van der Waals surface area contributed by atoms with Crippen LogP contribution in [0.1, 0.15) is 21.5 Å². The van der Waals surface area contributed by atoms with Crippen LogP contribution in [0.5, 0.6) is 0 Å². The van der Waals surface area contributed by atoms with Gasteiger partial charge in [0.25, 0.3) is 5.91 Å². The van der Waals surface area contributed by atoms with Gasteiger partial charge >= 0.3 is 0 Å². The lowest BCUT2D eigenvalue weighted by atomic mass is 10.1. The Bertz CT molecular complexity index is 1170. The zero-order chi connectivity index (χ0) is 19.0. The Hall–Kier alpha value is -3.25. The van der Waals surface area contributed by atoms with Crippen LogP contribution in [0.4, 0.5) is 5.69 Å². The molecule has 0 fully saturated rings. The van der Waals surface area contributed by atoms with Gasteiger partial charge < -0.3 is 5.32 Å². The number of carbonyl (C=O) groups excluding carboxylic acids is 1. The van der Waals surface area contributed by atoms with Crippen LogP contribution in [-0.4, -0.2) is 25.9 Å². The van der Waals surface area contributed by atoms with Gasteiger partial charge in [-0.05, 0) is 61.4 Å². The average molecular weight is 378 g/mol. The molecule has 2 aromatic carbocycles. The summed E-state index contributed by atoms with van der Waals surface area (Å²) < 4.78 is 1.59. The van der Waals surface area contributed by atoms with Crippen molar-refractivity contribution in [2.24, 2.45) is 0 Å². The monoisotopic (exact) mass is 377 g/mol. The summed E-state index contributed by atoms with van der Waals surface area (Å²) in [7, 11) is 0. The lowest BCUT2D eigenvalue weighted by Crippen LogP contribution is -2.14. The minimum atomic E-state index is -0.262. The summed E-state index contributed by atoms with van der Waals surface area (Å²) in [6, 6.07) is 14.7. The lowest BCUT2D eigenvalue weighted by Gasteiger charge is -2.11. The summed E-state index contributed by atoms with van der Waals surface area (Å²) in [4.78, 5) is 17.0. The molecular weight excluding hydrogens is 362 g/mol. The van der Waals surface area contributed by atoms with Crippen molar-refractivity contribution in [3.8, 4) is 5.69 Å². The molecule has 0 bridgehead atoms. The largest absolute Gasteiger partial charge is 0.322 e. The van der Waals surface area contributed by atoms with E-state index in [0.717, 1.165) is 16.8 Å². The molecule has 134 valence electrons. The van der Waals surface area contributed by atoms with E-state index in [0.29, 0.717) is 27.4 Å². The third-order valence-electron chi connectivity index (χ3n) is 4.29. The van der Waals surface area contributed by atoms with Gasteiger partial charge in [-0.25, -0.2) is 4.98 Å². The number of aryl methyl sites for hydroxylation is 2. The molecule has 27 heavy (non-hydrogen) atoms. The highest BCUT2D eigenvalue weighted by Gasteiger charge is 2.14. The normalized spacial score (nSPS) is 10.9. The Morgan fingerprint density at radius 1 is 1.11 bits per heavy atom. The number of nitrogens with one attached hydrogen (secondary N) is 1. The van der Waals surface area contributed by atoms with E-state index in [1.165, 1.54) is 0 Å². The van der Waals surface area contributed by atoms with Gasteiger partial charge in [-0.15, -0.1) is 5.10 Å². The van der Waals surface area contributed by atoms with Crippen molar-refractivity contribution in [3.05, 3.63) is 76.4 Å². The van der Waals surface area contributed by atoms with Crippen molar-refractivity contribution in [1.82, 2.24) is 20.0 Å². The first-order chi connectivity index (χ1) is 13.0. The molecule has 1 amide bonds.